The van der Waals surface area contributed by atoms with E-state index in [9.17, 15) is 13.5 Å². The second-order valence-corrected chi connectivity index (χ2v) is 7.81. The summed E-state index contributed by atoms with van der Waals surface area (Å²) in [6, 6.07) is 4.41. The van der Waals surface area contributed by atoms with E-state index >= 15 is 0 Å². The van der Waals surface area contributed by atoms with Crippen LogP contribution in [0.2, 0.25) is 0 Å². The molecule has 27 heavy (non-hydrogen) atoms. The number of nitrogens with zero attached hydrogens (tertiary/aromatic N) is 5. The van der Waals surface area contributed by atoms with Crippen molar-refractivity contribution in [2.24, 2.45) is 0 Å². The van der Waals surface area contributed by atoms with Crippen LogP contribution in [0.25, 0.3) is 22.3 Å². The highest BCUT2D eigenvalue weighted by Gasteiger charge is 2.26. The molecule has 3 rings (SSSR count). The Morgan fingerprint density at radius 3 is 2.56 bits per heavy atom. The highest BCUT2D eigenvalue weighted by atomic mass is 32.2. The van der Waals surface area contributed by atoms with Crippen molar-refractivity contribution in [2.45, 2.75) is 32.2 Å². The topological polar surface area (TPSA) is 127 Å². The van der Waals surface area contributed by atoms with E-state index in [0.29, 0.717) is 41.9 Å². The number of aryl methyl sites for hydroxylation is 1. The van der Waals surface area contributed by atoms with Gasteiger partial charge in [0.1, 0.15) is 16.3 Å². The summed E-state index contributed by atoms with van der Waals surface area (Å²) in [4.78, 5) is 8.10. The summed E-state index contributed by atoms with van der Waals surface area (Å²) in [5.74, 6) is -0.162. The summed E-state index contributed by atoms with van der Waals surface area (Å²) < 4.78 is 28.7. The minimum absolute atomic E-state index is 0.138. The summed E-state index contributed by atoms with van der Waals surface area (Å²) in [5, 5.41) is 15.4. The standard InChI is InChI=1S/C17H22N6O3S/c1-4-22(5-2)27(25,26)14-9-11(7-8-13(14)24)15-12-10-19-17(18)20-16(12)23(6-3)21-15/h7-10,24H,4-6H2,1-3H3,(H2,18,19,20). The molecule has 2 heterocycles. The molecular formula is C17H22N6O3S. The molecule has 0 bridgehead atoms. The van der Waals surface area contributed by atoms with Crippen molar-refractivity contribution >= 4 is 27.0 Å². The number of aromatic hydroxyl groups is 1. The largest absolute Gasteiger partial charge is 0.507 e. The molecule has 0 spiro atoms. The lowest BCUT2D eigenvalue weighted by Gasteiger charge is -2.19. The van der Waals surface area contributed by atoms with Crippen molar-refractivity contribution in [3.8, 4) is 17.0 Å². The first-order valence-electron chi connectivity index (χ1n) is 8.66. The van der Waals surface area contributed by atoms with Crippen molar-refractivity contribution in [3.63, 3.8) is 0 Å². The molecule has 10 heteroatoms. The van der Waals surface area contributed by atoms with E-state index in [0.717, 1.165) is 0 Å². The second-order valence-electron chi connectivity index (χ2n) is 5.90. The number of rotatable bonds is 6. The summed E-state index contributed by atoms with van der Waals surface area (Å²) in [6.45, 7) is 6.60. The van der Waals surface area contributed by atoms with Gasteiger partial charge < -0.3 is 10.8 Å². The number of phenolic OH excluding ortho intramolecular Hbond substituents is 1. The zero-order chi connectivity index (χ0) is 19.8. The Bertz CT molecular complexity index is 1090. The van der Waals surface area contributed by atoms with Crippen molar-refractivity contribution in [1.82, 2.24) is 24.1 Å². The Labute approximate surface area is 157 Å². The predicted molar refractivity (Wildman–Crippen MR) is 103 cm³/mol. The minimum atomic E-state index is -3.82. The second kappa shape index (κ2) is 7.12. The average molecular weight is 390 g/mol. The van der Waals surface area contributed by atoms with Gasteiger partial charge in [-0.2, -0.15) is 14.4 Å². The number of hydrogen-bond donors (Lipinski definition) is 2. The Morgan fingerprint density at radius 1 is 1.22 bits per heavy atom. The quantitative estimate of drug-likeness (QED) is 0.657. The lowest BCUT2D eigenvalue weighted by Crippen LogP contribution is -2.30. The third-order valence-corrected chi connectivity index (χ3v) is 6.44. The number of hydrogen-bond acceptors (Lipinski definition) is 7. The fourth-order valence-electron chi connectivity index (χ4n) is 2.98. The van der Waals surface area contributed by atoms with Crippen LogP contribution in [-0.4, -0.2) is 50.7 Å². The van der Waals surface area contributed by atoms with E-state index in [4.69, 9.17) is 5.73 Å². The van der Waals surface area contributed by atoms with Crippen LogP contribution >= 0.6 is 0 Å². The molecule has 9 nitrogen and oxygen atoms in total. The molecule has 0 saturated carbocycles. The summed E-state index contributed by atoms with van der Waals surface area (Å²) in [6.07, 6.45) is 1.57. The van der Waals surface area contributed by atoms with E-state index in [1.165, 1.54) is 16.4 Å². The fourth-order valence-corrected chi connectivity index (χ4v) is 4.54. The number of nitrogen functional groups attached to an aromatic ring is 1. The van der Waals surface area contributed by atoms with Gasteiger partial charge in [0.2, 0.25) is 16.0 Å². The van der Waals surface area contributed by atoms with E-state index < -0.39 is 10.0 Å². The number of nitrogens with two attached hydrogens (primary N) is 1. The van der Waals surface area contributed by atoms with Crippen LogP contribution in [0.15, 0.2) is 29.3 Å². The SMILES string of the molecule is CCN(CC)S(=O)(=O)c1cc(-c2nn(CC)c3nc(N)ncc23)ccc1O. The Hall–Kier alpha value is -2.72. The van der Waals surface area contributed by atoms with Gasteiger partial charge in [0.15, 0.2) is 5.65 Å². The maximum atomic E-state index is 12.9. The van der Waals surface area contributed by atoms with E-state index in [1.54, 1.807) is 30.8 Å². The predicted octanol–water partition coefficient (Wildman–Crippen LogP) is 1.83. The van der Waals surface area contributed by atoms with Crippen LogP contribution in [0, 0.1) is 0 Å². The lowest BCUT2D eigenvalue weighted by atomic mass is 10.1. The molecule has 1 aromatic carbocycles. The molecule has 0 unspecified atom stereocenters. The van der Waals surface area contributed by atoms with Gasteiger partial charge in [-0.1, -0.05) is 13.8 Å². The third-order valence-electron chi connectivity index (χ3n) is 4.36. The van der Waals surface area contributed by atoms with Crippen LogP contribution in [0.5, 0.6) is 5.75 Å². The van der Waals surface area contributed by atoms with Crippen molar-refractivity contribution < 1.29 is 13.5 Å². The van der Waals surface area contributed by atoms with Gasteiger partial charge in [-0.25, -0.2) is 18.1 Å². The Kier molecular flexibility index (Phi) is 5.03. The molecule has 3 aromatic rings. The monoisotopic (exact) mass is 390 g/mol. The normalized spacial score (nSPS) is 12.1. The maximum absolute atomic E-state index is 12.9. The minimum Gasteiger partial charge on any atom is -0.507 e. The molecule has 0 radical (unpaired) electrons. The first-order chi connectivity index (χ1) is 12.8. The molecule has 0 amide bonds. The van der Waals surface area contributed by atoms with Crippen molar-refractivity contribution in [2.75, 3.05) is 18.8 Å². The third kappa shape index (κ3) is 3.21. The van der Waals surface area contributed by atoms with Crippen LogP contribution in [0.3, 0.4) is 0 Å². The zero-order valence-corrected chi connectivity index (χ0v) is 16.2. The molecule has 0 fully saturated rings. The van der Waals surface area contributed by atoms with Crippen molar-refractivity contribution in [1.29, 1.82) is 0 Å². The van der Waals surface area contributed by atoms with E-state index in [1.807, 2.05) is 6.92 Å². The molecule has 2 aromatic heterocycles. The molecule has 0 atom stereocenters. The van der Waals surface area contributed by atoms with Crippen LogP contribution in [0.1, 0.15) is 20.8 Å². The molecule has 0 aliphatic heterocycles. The number of anilines is 1. The number of benzene rings is 1. The number of aromatic nitrogens is 4. The molecule has 3 N–H and O–H groups in total. The van der Waals surface area contributed by atoms with Crippen LogP contribution in [-0.2, 0) is 16.6 Å². The van der Waals surface area contributed by atoms with Crippen LogP contribution in [0.4, 0.5) is 5.95 Å². The maximum Gasteiger partial charge on any atom is 0.246 e. The molecular weight excluding hydrogens is 368 g/mol. The van der Waals surface area contributed by atoms with Gasteiger partial charge in [-0.15, -0.1) is 0 Å². The number of sulfonamides is 1. The van der Waals surface area contributed by atoms with E-state index in [-0.39, 0.29) is 16.6 Å². The number of fused-ring (bicyclic) bond motifs is 1. The van der Waals surface area contributed by atoms with Gasteiger partial charge in [0.25, 0.3) is 0 Å². The molecule has 0 aliphatic carbocycles. The first-order valence-corrected chi connectivity index (χ1v) is 10.1. The highest BCUT2D eigenvalue weighted by Crippen LogP contribution is 2.33. The Balaban J connectivity index is 2.22. The van der Waals surface area contributed by atoms with Gasteiger partial charge in [-0.3, -0.25) is 0 Å². The number of phenols is 1. The van der Waals surface area contributed by atoms with Gasteiger partial charge >= 0.3 is 0 Å². The summed E-state index contributed by atoms with van der Waals surface area (Å²) in [5.41, 5.74) is 7.33. The smallest absolute Gasteiger partial charge is 0.246 e. The van der Waals surface area contributed by atoms with Gasteiger partial charge in [0.05, 0.1) is 5.39 Å². The zero-order valence-electron chi connectivity index (χ0n) is 15.4. The molecule has 144 valence electrons. The van der Waals surface area contributed by atoms with Crippen LogP contribution < -0.4 is 5.73 Å². The lowest BCUT2D eigenvalue weighted by molar-refractivity contribution is 0.429. The Morgan fingerprint density at radius 2 is 1.93 bits per heavy atom. The summed E-state index contributed by atoms with van der Waals surface area (Å²) >= 11 is 0. The van der Waals surface area contributed by atoms with Gasteiger partial charge in [-0.05, 0) is 25.1 Å². The molecule has 0 saturated heterocycles. The van der Waals surface area contributed by atoms with Crippen molar-refractivity contribution in [3.05, 3.63) is 24.4 Å². The molecule has 0 aliphatic rings. The van der Waals surface area contributed by atoms with Gasteiger partial charge in [0, 0.05) is 31.4 Å². The van der Waals surface area contributed by atoms with E-state index in [2.05, 4.69) is 15.1 Å². The fraction of sp³-hybridized carbons (Fsp3) is 0.353. The summed E-state index contributed by atoms with van der Waals surface area (Å²) in [7, 11) is -3.82. The average Bonchev–Trinajstić information content (AvgIpc) is 3.00. The first kappa shape index (κ1) is 19.1. The highest BCUT2D eigenvalue weighted by molar-refractivity contribution is 7.89.